The maximum atomic E-state index is 12.3. The summed E-state index contributed by atoms with van der Waals surface area (Å²) in [5, 5.41) is 5.20. The van der Waals surface area contributed by atoms with Gasteiger partial charge in [0.2, 0.25) is 0 Å². The zero-order chi connectivity index (χ0) is 16.2. The second-order valence-electron chi connectivity index (χ2n) is 5.88. The van der Waals surface area contributed by atoms with E-state index < -0.39 is 0 Å². The van der Waals surface area contributed by atoms with Crippen molar-refractivity contribution in [2.75, 3.05) is 20.2 Å². The predicted molar refractivity (Wildman–Crippen MR) is 93.2 cm³/mol. The molecule has 1 N–H and O–H groups in total. The number of amides is 1. The van der Waals surface area contributed by atoms with Crippen molar-refractivity contribution in [3.8, 4) is 5.75 Å². The number of benzene rings is 1. The maximum absolute atomic E-state index is 12.3. The van der Waals surface area contributed by atoms with Crippen LogP contribution in [0.3, 0.4) is 0 Å². The summed E-state index contributed by atoms with van der Waals surface area (Å²) >= 11 is 1.85. The van der Waals surface area contributed by atoms with Crippen LogP contribution in [0.2, 0.25) is 0 Å². The number of thiophene rings is 1. The molecule has 0 saturated carbocycles. The Kier molecular flexibility index (Phi) is 4.98. The number of methoxy groups -OCH3 is 1. The summed E-state index contributed by atoms with van der Waals surface area (Å²) < 4.78 is 5.16. The summed E-state index contributed by atoms with van der Waals surface area (Å²) in [6, 6.07) is 9.77. The van der Waals surface area contributed by atoms with Crippen molar-refractivity contribution in [3.05, 3.63) is 51.7 Å². The highest BCUT2D eigenvalue weighted by Gasteiger charge is 2.21. The van der Waals surface area contributed by atoms with Crippen LogP contribution in [0.25, 0.3) is 0 Å². The summed E-state index contributed by atoms with van der Waals surface area (Å²) in [4.78, 5) is 16.2. The molecule has 0 spiro atoms. The van der Waals surface area contributed by atoms with Crippen molar-refractivity contribution in [3.63, 3.8) is 0 Å². The third-order valence-corrected chi connectivity index (χ3v) is 5.37. The van der Waals surface area contributed by atoms with E-state index in [-0.39, 0.29) is 5.91 Å². The van der Waals surface area contributed by atoms with Crippen LogP contribution < -0.4 is 10.1 Å². The fourth-order valence-electron chi connectivity index (χ4n) is 2.88. The topological polar surface area (TPSA) is 41.6 Å². The van der Waals surface area contributed by atoms with Gasteiger partial charge in [0.25, 0.3) is 5.91 Å². The second kappa shape index (κ2) is 7.15. The van der Waals surface area contributed by atoms with Gasteiger partial charge in [-0.1, -0.05) is 6.07 Å². The molecule has 1 aromatic carbocycles. The second-order valence-corrected chi connectivity index (χ2v) is 6.88. The summed E-state index contributed by atoms with van der Waals surface area (Å²) in [6.07, 6.45) is 1.11. The highest BCUT2D eigenvalue weighted by molar-refractivity contribution is 7.10. The lowest BCUT2D eigenvalue weighted by Crippen LogP contribution is -2.44. The standard InChI is InChI=1S/C18H22N2O2S/c1-13(20-8-6-17-15(12-20)7-9-23-17)11-19-18(21)14-4-3-5-16(10-14)22-2/h3-5,7,9-10,13H,6,8,11-12H2,1-2H3,(H,19,21). The normalized spacial score (nSPS) is 15.7. The average molecular weight is 330 g/mol. The third-order valence-electron chi connectivity index (χ3n) is 4.35. The van der Waals surface area contributed by atoms with Gasteiger partial charge >= 0.3 is 0 Å². The largest absolute Gasteiger partial charge is 0.497 e. The minimum atomic E-state index is -0.0519. The molecule has 1 aromatic heterocycles. The molecule has 1 unspecified atom stereocenters. The number of carbonyl (C=O) groups is 1. The third kappa shape index (κ3) is 3.74. The van der Waals surface area contributed by atoms with E-state index in [2.05, 4.69) is 28.6 Å². The molecule has 1 aliphatic heterocycles. The van der Waals surface area contributed by atoms with Crippen LogP contribution in [-0.2, 0) is 13.0 Å². The SMILES string of the molecule is COc1cccc(C(=O)NCC(C)N2CCc3sccc3C2)c1. The molecule has 23 heavy (non-hydrogen) atoms. The Bertz CT molecular complexity index is 683. The number of carbonyl (C=O) groups excluding carboxylic acids is 1. The van der Waals surface area contributed by atoms with Gasteiger partial charge in [-0.15, -0.1) is 11.3 Å². The summed E-state index contributed by atoms with van der Waals surface area (Å²) in [7, 11) is 1.61. The number of ether oxygens (including phenoxy) is 1. The minimum Gasteiger partial charge on any atom is -0.497 e. The molecule has 1 aliphatic rings. The van der Waals surface area contributed by atoms with Gasteiger partial charge < -0.3 is 10.1 Å². The first kappa shape index (κ1) is 16.0. The molecule has 3 rings (SSSR count). The van der Waals surface area contributed by atoms with Gasteiger partial charge in [0.05, 0.1) is 7.11 Å². The first-order valence-electron chi connectivity index (χ1n) is 7.89. The minimum absolute atomic E-state index is 0.0519. The average Bonchev–Trinajstić information content (AvgIpc) is 3.07. The molecular formula is C18H22N2O2S. The van der Waals surface area contributed by atoms with Crippen LogP contribution in [0.15, 0.2) is 35.7 Å². The van der Waals surface area contributed by atoms with Crippen LogP contribution >= 0.6 is 11.3 Å². The number of rotatable bonds is 5. The van der Waals surface area contributed by atoms with E-state index in [1.54, 1.807) is 19.2 Å². The maximum Gasteiger partial charge on any atom is 0.251 e. The smallest absolute Gasteiger partial charge is 0.251 e. The zero-order valence-corrected chi connectivity index (χ0v) is 14.4. The number of hydrogen-bond acceptors (Lipinski definition) is 4. The van der Waals surface area contributed by atoms with Crippen molar-refractivity contribution in [2.45, 2.75) is 25.9 Å². The van der Waals surface area contributed by atoms with E-state index in [0.29, 0.717) is 23.9 Å². The molecule has 2 heterocycles. The Morgan fingerprint density at radius 2 is 2.30 bits per heavy atom. The molecule has 0 radical (unpaired) electrons. The van der Waals surface area contributed by atoms with Crippen LogP contribution in [0.4, 0.5) is 0 Å². The van der Waals surface area contributed by atoms with E-state index in [9.17, 15) is 4.79 Å². The summed E-state index contributed by atoms with van der Waals surface area (Å²) in [5.74, 6) is 0.649. The Labute approximate surface area is 141 Å². The van der Waals surface area contributed by atoms with Crippen LogP contribution in [-0.4, -0.2) is 37.0 Å². The lowest BCUT2D eigenvalue weighted by atomic mass is 10.1. The molecule has 122 valence electrons. The van der Waals surface area contributed by atoms with E-state index in [1.165, 1.54) is 10.4 Å². The molecule has 1 atom stereocenters. The van der Waals surface area contributed by atoms with Gasteiger partial charge in [0, 0.05) is 36.1 Å². The molecule has 0 bridgehead atoms. The van der Waals surface area contributed by atoms with Gasteiger partial charge in [0.1, 0.15) is 5.75 Å². The molecule has 5 heteroatoms. The number of hydrogen-bond donors (Lipinski definition) is 1. The van der Waals surface area contributed by atoms with E-state index in [1.807, 2.05) is 23.5 Å². The van der Waals surface area contributed by atoms with E-state index in [0.717, 1.165) is 19.5 Å². The van der Waals surface area contributed by atoms with Crippen molar-refractivity contribution < 1.29 is 9.53 Å². The van der Waals surface area contributed by atoms with Crippen molar-refractivity contribution in [1.29, 1.82) is 0 Å². The first-order valence-corrected chi connectivity index (χ1v) is 8.77. The summed E-state index contributed by atoms with van der Waals surface area (Å²) in [5.41, 5.74) is 2.07. The molecule has 4 nitrogen and oxygen atoms in total. The Hall–Kier alpha value is -1.85. The van der Waals surface area contributed by atoms with Gasteiger partial charge in [-0.3, -0.25) is 9.69 Å². The highest BCUT2D eigenvalue weighted by Crippen LogP contribution is 2.25. The molecular weight excluding hydrogens is 308 g/mol. The van der Waals surface area contributed by atoms with Gasteiger partial charge in [-0.05, 0) is 48.6 Å². The van der Waals surface area contributed by atoms with Crippen molar-refractivity contribution in [2.24, 2.45) is 0 Å². The molecule has 0 aliphatic carbocycles. The molecule has 2 aromatic rings. The zero-order valence-electron chi connectivity index (χ0n) is 13.5. The summed E-state index contributed by atoms with van der Waals surface area (Å²) in [6.45, 7) is 4.86. The predicted octanol–water partition coefficient (Wildman–Crippen LogP) is 2.93. The van der Waals surface area contributed by atoms with Crippen molar-refractivity contribution >= 4 is 17.2 Å². The molecule has 0 saturated heterocycles. The quantitative estimate of drug-likeness (QED) is 0.916. The van der Waals surface area contributed by atoms with Gasteiger partial charge in [0.15, 0.2) is 0 Å². The first-order chi connectivity index (χ1) is 11.2. The lowest BCUT2D eigenvalue weighted by molar-refractivity contribution is 0.0932. The van der Waals surface area contributed by atoms with Gasteiger partial charge in [-0.2, -0.15) is 0 Å². The molecule has 1 amide bonds. The van der Waals surface area contributed by atoms with Crippen LogP contribution in [0.5, 0.6) is 5.75 Å². The Morgan fingerprint density at radius 3 is 3.13 bits per heavy atom. The Morgan fingerprint density at radius 1 is 1.43 bits per heavy atom. The lowest BCUT2D eigenvalue weighted by Gasteiger charge is -2.32. The van der Waals surface area contributed by atoms with Gasteiger partial charge in [-0.25, -0.2) is 0 Å². The number of nitrogens with one attached hydrogen (secondary N) is 1. The fourth-order valence-corrected chi connectivity index (χ4v) is 3.77. The number of nitrogens with zero attached hydrogens (tertiary/aromatic N) is 1. The molecule has 0 fully saturated rings. The van der Waals surface area contributed by atoms with Crippen molar-refractivity contribution in [1.82, 2.24) is 10.2 Å². The van der Waals surface area contributed by atoms with Crippen LogP contribution in [0.1, 0.15) is 27.7 Å². The van der Waals surface area contributed by atoms with Crippen LogP contribution in [0, 0.1) is 0 Å². The highest BCUT2D eigenvalue weighted by atomic mass is 32.1. The number of fused-ring (bicyclic) bond motifs is 1. The van der Waals surface area contributed by atoms with E-state index >= 15 is 0 Å². The van der Waals surface area contributed by atoms with E-state index in [4.69, 9.17) is 4.74 Å². The fraction of sp³-hybridized carbons (Fsp3) is 0.389. The monoisotopic (exact) mass is 330 g/mol. The Balaban J connectivity index is 1.54.